The molecule has 0 aliphatic heterocycles. The van der Waals surface area contributed by atoms with Gasteiger partial charge in [0, 0.05) is 15.1 Å². The molecular formula is C24H19BrClN3O3S. The molecule has 168 valence electrons. The summed E-state index contributed by atoms with van der Waals surface area (Å²) < 4.78 is 27.6. The minimum Gasteiger partial charge on any atom is -0.324 e. The standard InChI is InChI=1S/C24H19BrClN3O3S/c1-3-16-4-9-20(10-5-16)29(33(31)32)24(30)17-7-11-22-23(12-17)28(15(2)27-22)14-18-6-8-19(25)13-21(18)26/h3-13,33H,1,14H2,2H3. The normalized spacial score (nSPS) is 11.2. The van der Waals surface area contributed by atoms with Gasteiger partial charge in [-0.3, -0.25) is 4.79 Å². The van der Waals surface area contributed by atoms with E-state index in [9.17, 15) is 13.2 Å². The number of hydrogen-bond donors (Lipinski definition) is 1. The second-order valence-electron chi connectivity index (χ2n) is 7.33. The first-order chi connectivity index (χ1) is 15.8. The minimum atomic E-state index is -3.20. The van der Waals surface area contributed by atoms with Crippen LogP contribution in [0, 0.1) is 6.92 Å². The smallest absolute Gasteiger partial charge is 0.271 e. The topological polar surface area (TPSA) is 72.3 Å². The van der Waals surface area contributed by atoms with Gasteiger partial charge < -0.3 is 4.57 Å². The van der Waals surface area contributed by atoms with Crippen LogP contribution in [0.2, 0.25) is 5.02 Å². The molecule has 1 aromatic heterocycles. The first-order valence-electron chi connectivity index (χ1n) is 9.90. The molecule has 33 heavy (non-hydrogen) atoms. The maximum Gasteiger partial charge on any atom is 0.271 e. The zero-order valence-electron chi connectivity index (χ0n) is 17.5. The lowest BCUT2D eigenvalue weighted by Gasteiger charge is -2.16. The molecule has 1 heterocycles. The lowest BCUT2D eigenvalue weighted by molar-refractivity contribution is 0.101. The highest BCUT2D eigenvalue weighted by atomic mass is 79.9. The van der Waals surface area contributed by atoms with E-state index >= 15 is 0 Å². The molecular weight excluding hydrogens is 526 g/mol. The van der Waals surface area contributed by atoms with Crippen LogP contribution in [0.4, 0.5) is 5.69 Å². The first-order valence-corrected chi connectivity index (χ1v) is 12.2. The van der Waals surface area contributed by atoms with Gasteiger partial charge in [-0.15, -0.1) is 0 Å². The number of nitrogens with zero attached hydrogens (tertiary/aromatic N) is 3. The Bertz CT molecular complexity index is 1450. The van der Waals surface area contributed by atoms with Crippen molar-refractivity contribution in [2.45, 2.75) is 13.5 Å². The van der Waals surface area contributed by atoms with Crippen LogP contribution in [0.3, 0.4) is 0 Å². The summed E-state index contributed by atoms with van der Waals surface area (Å²) in [7, 11) is -3.20. The Hall–Kier alpha value is -2.94. The Morgan fingerprint density at radius 3 is 2.52 bits per heavy atom. The summed E-state index contributed by atoms with van der Waals surface area (Å²) in [5.74, 6) is 0.104. The fraction of sp³-hybridized carbons (Fsp3) is 0.0833. The van der Waals surface area contributed by atoms with Gasteiger partial charge in [-0.25, -0.2) is 17.7 Å². The number of imidazole rings is 1. The number of thiol groups is 1. The molecule has 0 N–H and O–H groups in total. The fourth-order valence-corrected chi connectivity index (χ4v) is 4.87. The average molecular weight is 545 g/mol. The number of halogens is 2. The Balaban J connectivity index is 1.75. The molecule has 0 aliphatic carbocycles. The summed E-state index contributed by atoms with van der Waals surface area (Å²) in [4.78, 5) is 17.8. The molecule has 0 spiro atoms. The SMILES string of the molecule is C=Cc1ccc(N(C(=O)c2ccc3nc(C)n(Cc4ccc(Br)cc4Cl)c3c2)[SH](=O)=O)cc1. The Kier molecular flexibility index (Phi) is 6.69. The monoisotopic (exact) mass is 543 g/mol. The summed E-state index contributed by atoms with van der Waals surface area (Å²) in [5.41, 5.74) is 3.61. The van der Waals surface area contributed by atoms with E-state index in [1.807, 2.05) is 29.7 Å². The molecule has 3 aromatic carbocycles. The highest BCUT2D eigenvalue weighted by Crippen LogP contribution is 2.26. The maximum absolute atomic E-state index is 13.2. The number of aromatic nitrogens is 2. The van der Waals surface area contributed by atoms with Gasteiger partial charge in [-0.1, -0.05) is 58.4 Å². The summed E-state index contributed by atoms with van der Waals surface area (Å²) in [6.45, 7) is 6.01. The molecule has 9 heteroatoms. The molecule has 4 aromatic rings. The molecule has 0 saturated heterocycles. The van der Waals surface area contributed by atoms with Crippen molar-refractivity contribution >= 4 is 67.1 Å². The Morgan fingerprint density at radius 2 is 1.88 bits per heavy atom. The molecule has 0 aliphatic rings. The van der Waals surface area contributed by atoms with E-state index in [1.54, 1.807) is 48.5 Å². The van der Waals surface area contributed by atoms with Gasteiger partial charge in [0.25, 0.3) is 5.91 Å². The van der Waals surface area contributed by atoms with Crippen molar-refractivity contribution < 1.29 is 13.2 Å². The van der Waals surface area contributed by atoms with Gasteiger partial charge >= 0.3 is 0 Å². The second kappa shape index (κ2) is 9.51. The van der Waals surface area contributed by atoms with Crippen LogP contribution >= 0.6 is 27.5 Å². The van der Waals surface area contributed by atoms with E-state index < -0.39 is 16.8 Å². The maximum atomic E-state index is 13.2. The number of amides is 1. The number of aryl methyl sites for hydroxylation is 1. The minimum absolute atomic E-state index is 0.234. The van der Waals surface area contributed by atoms with E-state index in [0.717, 1.165) is 25.7 Å². The molecule has 1 amide bonds. The van der Waals surface area contributed by atoms with Crippen LogP contribution in [-0.4, -0.2) is 23.9 Å². The van der Waals surface area contributed by atoms with E-state index in [0.29, 0.717) is 22.6 Å². The Morgan fingerprint density at radius 1 is 1.15 bits per heavy atom. The predicted octanol–water partition coefficient (Wildman–Crippen LogP) is 5.63. The van der Waals surface area contributed by atoms with Crippen molar-refractivity contribution in [3.05, 3.63) is 99.3 Å². The molecule has 0 saturated carbocycles. The second-order valence-corrected chi connectivity index (χ2v) is 9.53. The highest BCUT2D eigenvalue weighted by Gasteiger charge is 2.22. The number of carbonyl (C=O) groups is 1. The molecule has 0 unspecified atom stereocenters. The van der Waals surface area contributed by atoms with Gasteiger partial charge in [-0.05, 0) is 60.5 Å². The largest absolute Gasteiger partial charge is 0.324 e. The van der Waals surface area contributed by atoms with Gasteiger partial charge in [0.1, 0.15) is 5.82 Å². The van der Waals surface area contributed by atoms with Gasteiger partial charge in [-0.2, -0.15) is 0 Å². The number of hydrogen-bond acceptors (Lipinski definition) is 4. The van der Waals surface area contributed by atoms with Crippen molar-refractivity contribution in [1.29, 1.82) is 0 Å². The number of fused-ring (bicyclic) bond motifs is 1. The summed E-state index contributed by atoms with van der Waals surface area (Å²) in [5, 5.41) is 0.607. The van der Waals surface area contributed by atoms with Crippen LogP contribution in [0.15, 0.2) is 71.7 Å². The van der Waals surface area contributed by atoms with E-state index in [-0.39, 0.29) is 11.3 Å². The lowest BCUT2D eigenvalue weighted by Crippen LogP contribution is -2.29. The average Bonchev–Trinajstić information content (AvgIpc) is 3.10. The van der Waals surface area contributed by atoms with Crippen molar-refractivity contribution in [2.75, 3.05) is 4.31 Å². The number of benzene rings is 3. The predicted molar refractivity (Wildman–Crippen MR) is 136 cm³/mol. The summed E-state index contributed by atoms with van der Waals surface area (Å²) in [6, 6.07) is 17.1. The zero-order chi connectivity index (χ0) is 23.7. The molecule has 0 atom stereocenters. The highest BCUT2D eigenvalue weighted by molar-refractivity contribution is 9.10. The number of carbonyl (C=O) groups excluding carboxylic acids is 1. The van der Waals surface area contributed by atoms with E-state index in [1.165, 1.54) is 0 Å². The quantitative estimate of drug-likeness (QED) is 0.320. The lowest BCUT2D eigenvalue weighted by atomic mass is 10.1. The molecule has 0 radical (unpaired) electrons. The van der Waals surface area contributed by atoms with Crippen molar-refractivity contribution in [3.63, 3.8) is 0 Å². The van der Waals surface area contributed by atoms with Crippen molar-refractivity contribution in [1.82, 2.24) is 9.55 Å². The first kappa shape index (κ1) is 23.2. The molecule has 4 rings (SSSR count). The molecule has 6 nitrogen and oxygen atoms in total. The number of rotatable bonds is 6. The van der Waals surface area contributed by atoms with Crippen molar-refractivity contribution in [2.24, 2.45) is 0 Å². The fourth-order valence-electron chi connectivity index (χ4n) is 3.56. The van der Waals surface area contributed by atoms with Crippen LogP contribution in [0.1, 0.15) is 27.3 Å². The third-order valence-corrected chi connectivity index (χ3v) is 6.84. The summed E-state index contributed by atoms with van der Waals surface area (Å²) in [6.07, 6.45) is 1.64. The zero-order valence-corrected chi connectivity index (χ0v) is 20.8. The third kappa shape index (κ3) is 4.73. The summed E-state index contributed by atoms with van der Waals surface area (Å²) >= 11 is 9.81. The molecule has 0 fully saturated rings. The number of anilines is 1. The van der Waals surface area contributed by atoms with Crippen LogP contribution in [-0.2, 0) is 17.4 Å². The van der Waals surface area contributed by atoms with Crippen LogP contribution in [0.5, 0.6) is 0 Å². The van der Waals surface area contributed by atoms with Crippen LogP contribution in [0.25, 0.3) is 17.1 Å². The van der Waals surface area contributed by atoms with Crippen molar-refractivity contribution in [3.8, 4) is 0 Å². The van der Waals surface area contributed by atoms with Crippen LogP contribution < -0.4 is 4.31 Å². The Labute approximate surface area is 206 Å². The van der Waals surface area contributed by atoms with E-state index in [2.05, 4.69) is 27.5 Å². The third-order valence-electron chi connectivity index (χ3n) is 5.26. The molecule has 0 bridgehead atoms. The van der Waals surface area contributed by atoms with Gasteiger partial charge in [0.15, 0.2) is 0 Å². The van der Waals surface area contributed by atoms with E-state index in [4.69, 9.17) is 11.6 Å². The van der Waals surface area contributed by atoms with Gasteiger partial charge in [0.2, 0.25) is 10.9 Å². The van der Waals surface area contributed by atoms with Gasteiger partial charge in [0.05, 0.1) is 23.3 Å².